The summed E-state index contributed by atoms with van der Waals surface area (Å²) in [5, 5.41) is 2.90. The van der Waals surface area contributed by atoms with Crippen LogP contribution in [0.15, 0.2) is 42.4 Å². The lowest BCUT2D eigenvalue weighted by Crippen LogP contribution is -2.44. The highest BCUT2D eigenvalue weighted by atomic mass is 19.1. The van der Waals surface area contributed by atoms with Gasteiger partial charge in [-0.15, -0.1) is 0 Å². The molecule has 1 N–H and O–H groups in total. The fourth-order valence-electron chi connectivity index (χ4n) is 4.04. The van der Waals surface area contributed by atoms with E-state index >= 15 is 4.39 Å². The third-order valence-electron chi connectivity index (χ3n) is 5.90. The fraction of sp³-hybridized carbons (Fsp3) is 0.292. The van der Waals surface area contributed by atoms with E-state index in [1.54, 1.807) is 18.3 Å². The lowest BCUT2D eigenvalue weighted by atomic mass is 10.1. The van der Waals surface area contributed by atoms with Gasteiger partial charge in [0, 0.05) is 31.7 Å². The SMILES string of the molecule is CC1=Cc2c(ccc(Oc3ncnc(Nc4ccc(N5CCN(C)CC5)nc4)c3F)c2F)C1. The molecule has 2 aromatic heterocycles. The van der Waals surface area contributed by atoms with E-state index in [1.807, 2.05) is 19.1 Å². The Bertz CT molecular complexity index is 1210. The van der Waals surface area contributed by atoms with Crippen molar-refractivity contribution in [3.8, 4) is 11.6 Å². The first-order chi connectivity index (χ1) is 16.0. The number of nitrogens with zero attached hydrogens (tertiary/aromatic N) is 5. The largest absolute Gasteiger partial charge is 0.433 e. The number of rotatable bonds is 5. The van der Waals surface area contributed by atoms with Gasteiger partial charge < -0.3 is 19.9 Å². The summed E-state index contributed by atoms with van der Waals surface area (Å²) >= 11 is 0. The molecule has 0 radical (unpaired) electrons. The van der Waals surface area contributed by atoms with Crippen LogP contribution >= 0.6 is 0 Å². The van der Waals surface area contributed by atoms with Gasteiger partial charge in [-0.1, -0.05) is 17.7 Å². The normalized spacial score (nSPS) is 15.9. The van der Waals surface area contributed by atoms with Crippen molar-refractivity contribution in [2.24, 2.45) is 0 Å². The van der Waals surface area contributed by atoms with Crippen molar-refractivity contribution in [3.63, 3.8) is 0 Å². The van der Waals surface area contributed by atoms with Crippen molar-refractivity contribution in [1.29, 1.82) is 0 Å². The van der Waals surface area contributed by atoms with Crippen molar-refractivity contribution < 1.29 is 13.5 Å². The zero-order valence-corrected chi connectivity index (χ0v) is 18.5. The molecule has 0 spiro atoms. The molecule has 1 aliphatic carbocycles. The Balaban J connectivity index is 1.32. The second-order valence-corrected chi connectivity index (χ2v) is 8.38. The van der Waals surface area contributed by atoms with Gasteiger partial charge in [0.2, 0.25) is 5.82 Å². The van der Waals surface area contributed by atoms with Crippen LogP contribution in [0.4, 0.5) is 26.1 Å². The smallest absolute Gasteiger partial charge is 0.261 e. The quantitative estimate of drug-likeness (QED) is 0.618. The molecule has 9 heteroatoms. The van der Waals surface area contributed by atoms with Crippen LogP contribution < -0.4 is 15.0 Å². The summed E-state index contributed by atoms with van der Waals surface area (Å²) in [5.74, 6) is -0.981. The number of hydrogen-bond acceptors (Lipinski definition) is 7. The Morgan fingerprint density at radius 3 is 2.55 bits per heavy atom. The molecule has 170 valence electrons. The van der Waals surface area contributed by atoms with Gasteiger partial charge in [0.05, 0.1) is 11.9 Å². The van der Waals surface area contributed by atoms with E-state index in [9.17, 15) is 4.39 Å². The van der Waals surface area contributed by atoms with E-state index in [-0.39, 0.29) is 17.4 Å². The predicted molar refractivity (Wildman–Crippen MR) is 123 cm³/mol. The van der Waals surface area contributed by atoms with Crippen molar-refractivity contribution in [3.05, 3.63) is 65.1 Å². The minimum Gasteiger partial charge on any atom is -0.433 e. The number of anilines is 3. The molecule has 5 rings (SSSR count). The number of benzene rings is 1. The first-order valence-electron chi connectivity index (χ1n) is 10.8. The van der Waals surface area contributed by atoms with E-state index in [1.165, 1.54) is 12.4 Å². The van der Waals surface area contributed by atoms with Gasteiger partial charge in [-0.2, -0.15) is 9.37 Å². The number of hydrogen-bond donors (Lipinski definition) is 1. The van der Waals surface area contributed by atoms with Crippen LogP contribution in [0.25, 0.3) is 6.08 Å². The van der Waals surface area contributed by atoms with Gasteiger partial charge in [-0.3, -0.25) is 0 Å². The molecule has 1 saturated heterocycles. The minimum absolute atomic E-state index is 0.0774. The average molecular weight is 450 g/mol. The number of ether oxygens (including phenoxy) is 1. The van der Waals surface area contributed by atoms with Crippen LogP contribution in [0.5, 0.6) is 11.6 Å². The summed E-state index contributed by atoms with van der Waals surface area (Å²) in [5.41, 5.74) is 2.99. The monoisotopic (exact) mass is 450 g/mol. The van der Waals surface area contributed by atoms with Crippen molar-refractivity contribution >= 4 is 23.4 Å². The molecule has 2 aliphatic rings. The Kier molecular flexibility index (Phi) is 5.63. The molecular weight excluding hydrogens is 426 g/mol. The maximum atomic E-state index is 15.0. The highest BCUT2D eigenvalue weighted by Crippen LogP contribution is 2.35. The standard InChI is InChI=1S/C24H24F2N6O/c1-15-11-16-3-5-19(21(25)18(16)12-15)33-24-22(26)23(28-14-29-24)30-17-4-6-20(27-13-17)32-9-7-31(2)8-10-32/h3-6,12-14H,7-11H2,1-2H3,(H,28,29,30). The number of aromatic nitrogens is 3. The molecular formula is C24H24F2N6O. The zero-order valence-electron chi connectivity index (χ0n) is 18.5. The molecule has 1 fully saturated rings. The van der Waals surface area contributed by atoms with Gasteiger partial charge in [-0.05, 0) is 44.2 Å². The Morgan fingerprint density at radius 2 is 1.79 bits per heavy atom. The molecule has 33 heavy (non-hydrogen) atoms. The van der Waals surface area contributed by atoms with Crippen molar-refractivity contribution in [2.75, 3.05) is 43.4 Å². The molecule has 1 aliphatic heterocycles. The van der Waals surface area contributed by atoms with Gasteiger partial charge in [0.25, 0.3) is 5.88 Å². The van der Waals surface area contributed by atoms with Gasteiger partial charge >= 0.3 is 0 Å². The highest BCUT2D eigenvalue weighted by molar-refractivity contribution is 5.66. The first-order valence-corrected chi connectivity index (χ1v) is 10.8. The van der Waals surface area contributed by atoms with Gasteiger partial charge in [0.15, 0.2) is 17.4 Å². The summed E-state index contributed by atoms with van der Waals surface area (Å²) in [7, 11) is 2.10. The fourth-order valence-corrected chi connectivity index (χ4v) is 4.04. The summed E-state index contributed by atoms with van der Waals surface area (Å²) in [6.45, 7) is 5.72. The van der Waals surface area contributed by atoms with Crippen LogP contribution in [0.2, 0.25) is 0 Å². The molecule has 0 atom stereocenters. The molecule has 0 bridgehead atoms. The Hall–Kier alpha value is -3.59. The number of nitrogens with one attached hydrogen (secondary N) is 1. The maximum absolute atomic E-state index is 15.0. The number of fused-ring (bicyclic) bond motifs is 1. The number of halogens is 2. The third kappa shape index (κ3) is 4.36. The van der Waals surface area contributed by atoms with E-state index in [0.717, 1.165) is 43.1 Å². The van der Waals surface area contributed by atoms with Crippen LogP contribution in [-0.2, 0) is 6.42 Å². The van der Waals surface area contributed by atoms with Gasteiger partial charge in [0.1, 0.15) is 12.1 Å². The lowest BCUT2D eigenvalue weighted by Gasteiger charge is -2.33. The number of piperazine rings is 1. The van der Waals surface area contributed by atoms with Crippen LogP contribution in [0.3, 0.4) is 0 Å². The molecule has 1 aromatic carbocycles. The number of pyridine rings is 1. The molecule has 0 saturated carbocycles. The summed E-state index contributed by atoms with van der Waals surface area (Å²) in [4.78, 5) is 16.8. The summed E-state index contributed by atoms with van der Waals surface area (Å²) < 4.78 is 35.4. The number of likely N-dealkylation sites (N-methyl/N-ethyl adjacent to an activating group) is 1. The molecule has 7 nitrogen and oxygen atoms in total. The second kappa shape index (κ2) is 8.74. The highest BCUT2D eigenvalue weighted by Gasteiger charge is 2.21. The number of allylic oxidation sites excluding steroid dienone is 1. The van der Waals surface area contributed by atoms with Gasteiger partial charge in [-0.25, -0.2) is 14.4 Å². The van der Waals surface area contributed by atoms with Crippen LogP contribution in [-0.4, -0.2) is 53.1 Å². The summed E-state index contributed by atoms with van der Waals surface area (Å²) in [6, 6.07) is 6.99. The molecule has 0 unspecified atom stereocenters. The van der Waals surface area contributed by atoms with E-state index in [2.05, 4.69) is 37.1 Å². The van der Waals surface area contributed by atoms with Crippen molar-refractivity contribution in [2.45, 2.75) is 13.3 Å². The Labute approximate surface area is 190 Å². The first kappa shape index (κ1) is 21.3. The van der Waals surface area contributed by atoms with Crippen LogP contribution in [0, 0.1) is 11.6 Å². The Morgan fingerprint density at radius 1 is 0.970 bits per heavy atom. The topological polar surface area (TPSA) is 66.4 Å². The molecule has 0 amide bonds. The van der Waals surface area contributed by atoms with E-state index in [0.29, 0.717) is 17.7 Å². The third-order valence-corrected chi connectivity index (χ3v) is 5.90. The average Bonchev–Trinajstić information content (AvgIpc) is 3.20. The van der Waals surface area contributed by atoms with Crippen LogP contribution in [0.1, 0.15) is 18.1 Å². The zero-order chi connectivity index (χ0) is 22.9. The van der Waals surface area contributed by atoms with E-state index in [4.69, 9.17) is 4.74 Å². The second-order valence-electron chi connectivity index (χ2n) is 8.38. The summed E-state index contributed by atoms with van der Waals surface area (Å²) in [6.07, 6.45) is 5.27. The lowest BCUT2D eigenvalue weighted by molar-refractivity contribution is 0.312. The van der Waals surface area contributed by atoms with E-state index < -0.39 is 11.6 Å². The predicted octanol–water partition coefficient (Wildman–Crippen LogP) is 4.40. The molecule has 3 aromatic rings. The maximum Gasteiger partial charge on any atom is 0.261 e. The van der Waals surface area contributed by atoms with Crippen molar-refractivity contribution in [1.82, 2.24) is 19.9 Å². The minimum atomic E-state index is -0.813. The molecule has 3 heterocycles.